The molecule has 2 atom stereocenters. The van der Waals surface area contributed by atoms with Crippen molar-refractivity contribution < 1.29 is 14.4 Å². The number of benzene rings is 1. The van der Waals surface area contributed by atoms with Gasteiger partial charge < -0.3 is 0 Å². The van der Waals surface area contributed by atoms with Crippen LogP contribution in [0.5, 0.6) is 0 Å². The molecule has 9 heteroatoms. The summed E-state index contributed by atoms with van der Waals surface area (Å²) in [5.41, 5.74) is 0.606. The summed E-state index contributed by atoms with van der Waals surface area (Å²) < 4.78 is 0.164. The van der Waals surface area contributed by atoms with Crippen molar-refractivity contribution in [3.05, 3.63) is 38.7 Å². The minimum absolute atomic E-state index is 0.164. The predicted molar refractivity (Wildman–Crippen MR) is 109 cm³/mol. The maximum atomic E-state index is 12.9. The van der Waals surface area contributed by atoms with E-state index >= 15 is 0 Å². The Labute approximate surface area is 175 Å². The molecule has 0 unspecified atom stereocenters. The standard InChI is InChI=1S/C18H14Cl2N2O3S2/c19-10-6-5-9(13(20)8-10)7-14-17(25)22(18(26)27-14)21-15(23)11-3-1-2-4-12(11)16(21)24/h5-8,11-12H,1-4H2/b14-7-/t11-,12-/m0/s1. The van der Waals surface area contributed by atoms with Gasteiger partial charge in [-0.25, -0.2) is 0 Å². The normalized spacial score (nSPS) is 27.1. The molecule has 3 aliphatic rings. The highest BCUT2D eigenvalue weighted by Crippen LogP contribution is 2.42. The molecule has 0 radical (unpaired) electrons. The number of thiocarbonyl (C=S) groups is 1. The molecule has 2 aliphatic heterocycles. The van der Waals surface area contributed by atoms with E-state index in [4.69, 9.17) is 35.4 Å². The molecule has 4 rings (SSSR count). The Kier molecular flexibility index (Phi) is 5.05. The van der Waals surface area contributed by atoms with Gasteiger partial charge in [-0.3, -0.25) is 14.4 Å². The summed E-state index contributed by atoms with van der Waals surface area (Å²) in [5.74, 6) is -1.83. The van der Waals surface area contributed by atoms with Crippen LogP contribution in [0.25, 0.3) is 6.08 Å². The van der Waals surface area contributed by atoms with E-state index in [2.05, 4.69) is 0 Å². The van der Waals surface area contributed by atoms with Gasteiger partial charge >= 0.3 is 0 Å². The molecule has 1 aromatic rings. The summed E-state index contributed by atoms with van der Waals surface area (Å²) in [6.45, 7) is 0. The fourth-order valence-electron chi connectivity index (χ4n) is 3.73. The molecule has 5 nitrogen and oxygen atoms in total. The van der Waals surface area contributed by atoms with Gasteiger partial charge in [0.15, 0.2) is 4.32 Å². The first-order valence-electron chi connectivity index (χ1n) is 8.49. The molecule has 0 spiro atoms. The average molecular weight is 441 g/mol. The number of fused-ring (bicyclic) bond motifs is 1. The first-order chi connectivity index (χ1) is 12.9. The zero-order valence-corrected chi connectivity index (χ0v) is 17.1. The second-order valence-electron chi connectivity index (χ2n) is 6.65. The highest BCUT2D eigenvalue weighted by molar-refractivity contribution is 8.26. The van der Waals surface area contributed by atoms with E-state index in [1.165, 1.54) is 0 Å². The van der Waals surface area contributed by atoms with Crippen molar-refractivity contribution in [3.63, 3.8) is 0 Å². The number of amides is 3. The Hall–Kier alpha value is -1.41. The van der Waals surface area contributed by atoms with Crippen molar-refractivity contribution in [1.82, 2.24) is 10.0 Å². The molecular formula is C18H14Cl2N2O3S2. The van der Waals surface area contributed by atoms with Crippen LogP contribution in [0.4, 0.5) is 0 Å². The Morgan fingerprint density at radius 3 is 2.26 bits per heavy atom. The third-order valence-electron chi connectivity index (χ3n) is 5.04. The van der Waals surface area contributed by atoms with Crippen molar-refractivity contribution >= 4 is 75.3 Å². The molecule has 0 aromatic heterocycles. The number of carbonyl (C=O) groups excluding carboxylic acids is 3. The number of nitrogens with zero attached hydrogens (tertiary/aromatic N) is 2. The van der Waals surface area contributed by atoms with Crippen LogP contribution in [0.1, 0.15) is 31.2 Å². The van der Waals surface area contributed by atoms with E-state index in [0.29, 0.717) is 33.4 Å². The summed E-state index contributed by atoms with van der Waals surface area (Å²) in [4.78, 5) is 38.8. The lowest BCUT2D eigenvalue weighted by Gasteiger charge is -2.24. The molecular weight excluding hydrogens is 427 g/mol. The Morgan fingerprint density at radius 1 is 1.04 bits per heavy atom. The minimum Gasteiger partial charge on any atom is -0.272 e. The van der Waals surface area contributed by atoms with Gasteiger partial charge in [-0.1, -0.05) is 53.9 Å². The minimum atomic E-state index is -0.489. The van der Waals surface area contributed by atoms with Gasteiger partial charge in [0.2, 0.25) is 0 Å². The monoisotopic (exact) mass is 440 g/mol. The number of halogens is 2. The second-order valence-corrected chi connectivity index (χ2v) is 9.16. The molecule has 27 heavy (non-hydrogen) atoms. The maximum Gasteiger partial charge on any atom is 0.285 e. The lowest BCUT2D eigenvalue weighted by atomic mass is 9.81. The third-order valence-corrected chi connectivity index (χ3v) is 6.89. The molecule has 140 valence electrons. The van der Waals surface area contributed by atoms with Gasteiger partial charge in [0.1, 0.15) is 0 Å². The van der Waals surface area contributed by atoms with E-state index < -0.39 is 5.91 Å². The van der Waals surface area contributed by atoms with E-state index in [1.54, 1.807) is 24.3 Å². The van der Waals surface area contributed by atoms with Gasteiger partial charge in [-0.2, -0.15) is 10.0 Å². The van der Waals surface area contributed by atoms with E-state index in [-0.39, 0.29) is 28.0 Å². The zero-order valence-electron chi connectivity index (χ0n) is 14.0. The fourth-order valence-corrected chi connectivity index (χ4v) is 5.43. The van der Waals surface area contributed by atoms with Gasteiger partial charge in [0, 0.05) is 10.0 Å². The summed E-state index contributed by atoms with van der Waals surface area (Å²) in [6.07, 6.45) is 4.78. The summed E-state index contributed by atoms with van der Waals surface area (Å²) in [5, 5.41) is 2.88. The van der Waals surface area contributed by atoms with E-state index in [0.717, 1.165) is 34.6 Å². The van der Waals surface area contributed by atoms with Crippen LogP contribution in [-0.4, -0.2) is 32.1 Å². The number of rotatable bonds is 2. The van der Waals surface area contributed by atoms with Crippen molar-refractivity contribution in [2.45, 2.75) is 25.7 Å². The topological polar surface area (TPSA) is 57.7 Å². The Bertz CT molecular complexity index is 894. The molecule has 3 fully saturated rings. The van der Waals surface area contributed by atoms with Crippen LogP contribution in [-0.2, 0) is 14.4 Å². The van der Waals surface area contributed by atoms with Crippen LogP contribution in [0.15, 0.2) is 23.1 Å². The number of hydrogen-bond acceptors (Lipinski definition) is 5. The van der Waals surface area contributed by atoms with Gasteiger partial charge in [-0.15, -0.1) is 0 Å². The average Bonchev–Trinajstić information content (AvgIpc) is 3.04. The quantitative estimate of drug-likeness (QED) is 0.390. The number of thioether (sulfide) groups is 1. The van der Waals surface area contributed by atoms with Gasteiger partial charge in [0.25, 0.3) is 17.7 Å². The van der Waals surface area contributed by atoms with Crippen LogP contribution in [0.2, 0.25) is 10.0 Å². The molecule has 3 amide bonds. The SMILES string of the molecule is O=C1/C(=C/c2ccc(Cl)cc2Cl)SC(=S)N1N1C(=O)[C@H]2CCCC[C@@H]2C1=O. The Morgan fingerprint density at radius 2 is 1.67 bits per heavy atom. The van der Waals surface area contributed by atoms with Crippen molar-refractivity contribution in [2.24, 2.45) is 11.8 Å². The lowest BCUT2D eigenvalue weighted by Crippen LogP contribution is -2.49. The van der Waals surface area contributed by atoms with Gasteiger partial charge in [0.05, 0.1) is 16.7 Å². The van der Waals surface area contributed by atoms with Gasteiger partial charge in [-0.05, 0) is 48.8 Å². The lowest BCUT2D eigenvalue weighted by molar-refractivity contribution is -0.158. The molecule has 0 bridgehead atoms. The first kappa shape index (κ1) is 18.9. The molecule has 1 saturated carbocycles. The number of imide groups is 1. The summed E-state index contributed by atoms with van der Waals surface area (Å²) in [7, 11) is 0. The van der Waals surface area contributed by atoms with E-state index in [1.807, 2.05) is 0 Å². The highest BCUT2D eigenvalue weighted by atomic mass is 35.5. The first-order valence-corrected chi connectivity index (χ1v) is 10.5. The summed E-state index contributed by atoms with van der Waals surface area (Å²) >= 11 is 18.4. The number of hydrogen-bond donors (Lipinski definition) is 0. The van der Waals surface area contributed by atoms with Crippen LogP contribution < -0.4 is 0 Å². The predicted octanol–water partition coefficient (Wildman–Crippen LogP) is 4.28. The third kappa shape index (κ3) is 3.20. The molecule has 0 N–H and O–H groups in total. The fraction of sp³-hybridized carbons (Fsp3) is 0.333. The van der Waals surface area contributed by atoms with Crippen LogP contribution >= 0.6 is 47.2 Å². The van der Waals surface area contributed by atoms with Crippen molar-refractivity contribution in [3.8, 4) is 0 Å². The van der Waals surface area contributed by atoms with Crippen LogP contribution in [0, 0.1) is 11.8 Å². The Balaban J connectivity index is 1.64. The number of carbonyl (C=O) groups is 3. The molecule has 1 aromatic carbocycles. The second kappa shape index (κ2) is 7.20. The maximum absolute atomic E-state index is 12.9. The highest BCUT2D eigenvalue weighted by Gasteiger charge is 2.54. The molecule has 1 aliphatic carbocycles. The smallest absolute Gasteiger partial charge is 0.272 e. The zero-order chi connectivity index (χ0) is 19.3. The molecule has 2 heterocycles. The van der Waals surface area contributed by atoms with Crippen molar-refractivity contribution in [2.75, 3.05) is 0 Å². The molecule has 2 saturated heterocycles. The van der Waals surface area contributed by atoms with E-state index in [9.17, 15) is 14.4 Å². The largest absolute Gasteiger partial charge is 0.285 e. The van der Waals surface area contributed by atoms with Crippen molar-refractivity contribution in [1.29, 1.82) is 0 Å². The summed E-state index contributed by atoms with van der Waals surface area (Å²) in [6, 6.07) is 4.93. The number of hydrazine groups is 1. The van der Waals surface area contributed by atoms with Crippen LogP contribution in [0.3, 0.4) is 0 Å².